The van der Waals surface area contributed by atoms with Gasteiger partial charge in [-0.1, -0.05) is 25.1 Å². The third-order valence-corrected chi connectivity index (χ3v) is 9.63. The molecule has 3 aliphatic rings. The highest BCUT2D eigenvalue weighted by molar-refractivity contribution is 7.15. The van der Waals surface area contributed by atoms with Crippen molar-refractivity contribution in [2.45, 2.75) is 84.8 Å². The molecule has 0 aliphatic carbocycles. The summed E-state index contributed by atoms with van der Waals surface area (Å²) >= 11 is 1.56. The minimum Gasteiger partial charge on any atom is -0.479 e. The van der Waals surface area contributed by atoms with Gasteiger partial charge in [0.1, 0.15) is 22.3 Å². The fraction of sp³-hybridized carbons (Fsp3) is 0.471. The van der Waals surface area contributed by atoms with Gasteiger partial charge in [0.05, 0.1) is 11.2 Å². The zero-order chi connectivity index (χ0) is 31.2. The Hall–Kier alpha value is -3.63. The number of aliphatic carboxylic acids is 1. The molecular formula is C34H40FN5O3S. The molecule has 0 saturated carbocycles. The number of hydrogen-bond acceptors (Lipinski definition) is 7. The van der Waals surface area contributed by atoms with Gasteiger partial charge in [-0.2, -0.15) is 9.61 Å². The molecule has 0 unspecified atom stereocenters. The number of carboxylic acid groups (broad SMARTS) is 1. The van der Waals surface area contributed by atoms with E-state index in [1.165, 1.54) is 6.07 Å². The Morgan fingerprint density at radius 1 is 1.18 bits per heavy atom. The topological polar surface area (TPSA) is 92.8 Å². The van der Waals surface area contributed by atoms with E-state index in [9.17, 15) is 14.3 Å². The molecule has 3 aliphatic heterocycles. The molecule has 1 saturated heterocycles. The average Bonchev–Trinajstić information content (AvgIpc) is 3.59. The fourth-order valence-corrected chi connectivity index (χ4v) is 7.18. The maximum Gasteiger partial charge on any atom is 0.337 e. The largest absolute Gasteiger partial charge is 0.479 e. The number of aryl methyl sites for hydroxylation is 2. The number of piperidine rings is 1. The van der Waals surface area contributed by atoms with Crippen LogP contribution >= 0.6 is 11.3 Å². The molecule has 8 nitrogen and oxygen atoms in total. The molecule has 1 fully saturated rings. The molecule has 6 bridgehead atoms. The first kappa shape index (κ1) is 30.4. The standard InChI is InChI=1S/C34H40FN5O3S/c1-21-28(29(32(41)42)43-33(2,3)4)31-39-15-13-34(5,14-16-39)12-8-6-7-9-22-17-24(35)11-10-23(22)18-25-20-36-30(44-25)26-19-27(37-21)40(31)38-26/h8,10-12,17,19-20,29H,6-7,9,13-16,18H2,1-5H3,(H,41,42)/b12-8+/t29-/m0/s1. The van der Waals surface area contributed by atoms with E-state index in [0.29, 0.717) is 34.8 Å². The molecule has 44 heavy (non-hydrogen) atoms. The van der Waals surface area contributed by atoms with E-state index in [1.807, 2.05) is 46.0 Å². The Kier molecular flexibility index (Phi) is 8.09. The number of carbonyl (C=O) groups is 1. The van der Waals surface area contributed by atoms with Crippen molar-refractivity contribution in [3.8, 4) is 10.7 Å². The minimum atomic E-state index is -1.21. The summed E-state index contributed by atoms with van der Waals surface area (Å²) in [4.78, 5) is 25.6. The van der Waals surface area contributed by atoms with Crippen LogP contribution in [0.1, 0.15) is 86.7 Å². The lowest BCUT2D eigenvalue weighted by molar-refractivity contribution is -0.160. The van der Waals surface area contributed by atoms with Crippen molar-refractivity contribution >= 4 is 28.8 Å². The monoisotopic (exact) mass is 617 g/mol. The second-order valence-electron chi connectivity index (χ2n) is 13.3. The lowest BCUT2D eigenvalue weighted by Gasteiger charge is -2.40. The number of halogens is 1. The maximum absolute atomic E-state index is 14.2. The number of benzene rings is 1. The predicted molar refractivity (Wildman–Crippen MR) is 171 cm³/mol. The fourth-order valence-electron chi connectivity index (χ4n) is 6.29. The maximum atomic E-state index is 14.2. The summed E-state index contributed by atoms with van der Waals surface area (Å²) < 4.78 is 22.2. The highest BCUT2D eigenvalue weighted by Gasteiger charge is 2.37. The molecule has 0 spiro atoms. The number of aromatic nitrogens is 4. The lowest BCUT2D eigenvalue weighted by Crippen LogP contribution is -2.40. The van der Waals surface area contributed by atoms with Gasteiger partial charge < -0.3 is 14.7 Å². The third-order valence-electron chi connectivity index (χ3n) is 8.61. The molecule has 0 radical (unpaired) electrons. The normalized spacial score (nSPS) is 18.5. The van der Waals surface area contributed by atoms with E-state index in [1.54, 1.807) is 21.9 Å². The van der Waals surface area contributed by atoms with E-state index < -0.39 is 17.7 Å². The van der Waals surface area contributed by atoms with Gasteiger partial charge in [0.15, 0.2) is 11.8 Å². The summed E-state index contributed by atoms with van der Waals surface area (Å²) in [5, 5.41) is 16.2. The Morgan fingerprint density at radius 2 is 1.95 bits per heavy atom. The molecule has 7 rings (SSSR count). The summed E-state index contributed by atoms with van der Waals surface area (Å²) in [6.45, 7) is 11.2. The van der Waals surface area contributed by atoms with E-state index >= 15 is 0 Å². The van der Waals surface area contributed by atoms with Gasteiger partial charge in [-0.3, -0.25) is 0 Å². The second-order valence-corrected chi connectivity index (χ2v) is 14.5. The van der Waals surface area contributed by atoms with Crippen LogP contribution < -0.4 is 4.90 Å². The molecule has 0 amide bonds. The zero-order valence-corrected chi connectivity index (χ0v) is 26.9. The SMILES string of the molecule is Cc1nc2cc3nn2c(c1[C@H](OC(C)(C)C)C(=O)O)N1CCC(C)(/C=C/CCCc2cc(F)ccc2Cc2cnc-3s2)CC1. The first-order valence-corrected chi connectivity index (χ1v) is 16.2. The molecule has 1 aromatic carbocycles. The van der Waals surface area contributed by atoms with Gasteiger partial charge in [0.25, 0.3) is 0 Å². The van der Waals surface area contributed by atoms with Crippen LogP contribution in [0.3, 0.4) is 0 Å². The average molecular weight is 618 g/mol. The number of anilines is 1. The van der Waals surface area contributed by atoms with Crippen molar-refractivity contribution in [3.05, 3.63) is 75.7 Å². The molecule has 3 aromatic heterocycles. The molecule has 10 heteroatoms. The first-order chi connectivity index (χ1) is 20.9. The molecule has 1 atom stereocenters. The van der Waals surface area contributed by atoms with Crippen LogP contribution in [0.4, 0.5) is 10.2 Å². The Balaban J connectivity index is 1.51. The number of carboxylic acids is 1. The summed E-state index contributed by atoms with van der Waals surface area (Å²) in [6, 6.07) is 7.01. The second kappa shape index (κ2) is 11.7. The number of thiazole rings is 1. The molecule has 1 N–H and O–H groups in total. The molecule has 6 heterocycles. The number of ether oxygens (including phenoxy) is 1. The summed E-state index contributed by atoms with van der Waals surface area (Å²) in [5.41, 5.74) is 3.94. The number of allylic oxidation sites excluding steroid dienone is 2. The van der Waals surface area contributed by atoms with Crippen molar-refractivity contribution in [1.82, 2.24) is 19.6 Å². The predicted octanol–water partition coefficient (Wildman–Crippen LogP) is 7.33. The van der Waals surface area contributed by atoms with Crippen molar-refractivity contribution in [2.24, 2.45) is 5.41 Å². The number of rotatable bonds is 3. The quantitative estimate of drug-likeness (QED) is 0.241. The van der Waals surface area contributed by atoms with E-state index in [0.717, 1.165) is 66.2 Å². The van der Waals surface area contributed by atoms with E-state index in [-0.39, 0.29) is 11.2 Å². The highest BCUT2D eigenvalue weighted by atomic mass is 32.1. The van der Waals surface area contributed by atoms with Crippen LogP contribution in [-0.2, 0) is 22.4 Å². The van der Waals surface area contributed by atoms with Crippen LogP contribution in [0, 0.1) is 18.2 Å². The van der Waals surface area contributed by atoms with Gasteiger partial charge in [0.2, 0.25) is 0 Å². The van der Waals surface area contributed by atoms with Gasteiger partial charge in [-0.25, -0.2) is 19.2 Å². The number of fused-ring (bicyclic) bond motifs is 5. The molecule has 4 aromatic rings. The van der Waals surface area contributed by atoms with Crippen LogP contribution in [0.5, 0.6) is 0 Å². The van der Waals surface area contributed by atoms with Gasteiger partial charge in [-0.05, 0) is 88.5 Å². The van der Waals surface area contributed by atoms with Crippen molar-refractivity contribution < 1.29 is 19.0 Å². The summed E-state index contributed by atoms with van der Waals surface area (Å²) in [7, 11) is 0. The van der Waals surface area contributed by atoms with Crippen molar-refractivity contribution in [1.29, 1.82) is 0 Å². The zero-order valence-electron chi connectivity index (χ0n) is 26.1. The van der Waals surface area contributed by atoms with Crippen LogP contribution in [0.15, 0.2) is 42.6 Å². The molecular weight excluding hydrogens is 577 g/mol. The third kappa shape index (κ3) is 6.28. The summed E-state index contributed by atoms with van der Waals surface area (Å²) in [6.07, 6.45) is 10.4. The highest BCUT2D eigenvalue weighted by Crippen LogP contribution is 2.40. The van der Waals surface area contributed by atoms with Crippen LogP contribution in [-0.4, -0.2) is 49.3 Å². The van der Waals surface area contributed by atoms with E-state index in [2.05, 4.69) is 24.0 Å². The minimum absolute atomic E-state index is 0.0190. The van der Waals surface area contributed by atoms with Crippen LogP contribution in [0.2, 0.25) is 0 Å². The Labute approximate surface area is 261 Å². The Bertz CT molecular complexity index is 1730. The van der Waals surface area contributed by atoms with Crippen molar-refractivity contribution in [3.63, 3.8) is 0 Å². The lowest BCUT2D eigenvalue weighted by atomic mass is 9.79. The Morgan fingerprint density at radius 3 is 2.68 bits per heavy atom. The van der Waals surface area contributed by atoms with Crippen molar-refractivity contribution in [2.75, 3.05) is 18.0 Å². The number of nitrogens with zero attached hydrogens (tertiary/aromatic N) is 5. The first-order valence-electron chi connectivity index (χ1n) is 15.4. The van der Waals surface area contributed by atoms with Gasteiger partial charge in [0, 0.05) is 42.3 Å². The van der Waals surface area contributed by atoms with Gasteiger partial charge >= 0.3 is 5.97 Å². The van der Waals surface area contributed by atoms with Gasteiger partial charge in [-0.15, -0.1) is 11.3 Å². The van der Waals surface area contributed by atoms with Crippen LogP contribution in [0.25, 0.3) is 16.3 Å². The number of hydrogen-bond donors (Lipinski definition) is 1. The van der Waals surface area contributed by atoms with E-state index in [4.69, 9.17) is 19.8 Å². The molecule has 232 valence electrons. The smallest absolute Gasteiger partial charge is 0.337 e. The summed E-state index contributed by atoms with van der Waals surface area (Å²) in [5.74, 6) is -0.549.